The molecule has 0 aliphatic rings. The Labute approximate surface area is 230 Å². The highest BCUT2D eigenvalue weighted by Gasteiger charge is 2.31. The van der Waals surface area contributed by atoms with Crippen molar-refractivity contribution in [2.24, 2.45) is 22.2 Å². The number of hydrogen-bond donors (Lipinski definition) is 8. The normalized spacial score (nSPS) is 13.7. The molecule has 0 aromatic heterocycles. The van der Waals surface area contributed by atoms with Crippen molar-refractivity contribution in [1.82, 2.24) is 16.0 Å². The number of hydrogen-bond acceptors (Lipinski definition) is 8. The number of carboxylic acids is 2. The van der Waals surface area contributed by atoms with Gasteiger partial charge in [0.2, 0.25) is 17.7 Å². The van der Waals surface area contributed by atoms with Gasteiger partial charge in [-0.25, -0.2) is 4.79 Å². The molecule has 0 fully saturated rings. The molecule has 4 atom stereocenters. The predicted octanol–water partition coefficient (Wildman–Crippen LogP) is -1.62. The summed E-state index contributed by atoms with van der Waals surface area (Å²) in [6, 6.07) is 3.87. The number of thioether (sulfide) groups is 1. The Kier molecular flexibility index (Phi) is 15.0. The number of aliphatic imine (C=N–C) groups is 1. The minimum Gasteiger partial charge on any atom is -0.481 e. The first kappa shape index (κ1) is 33.2. The molecule has 0 aliphatic heterocycles. The summed E-state index contributed by atoms with van der Waals surface area (Å²) in [6.07, 6.45) is 1.61. The highest BCUT2D eigenvalue weighted by Crippen LogP contribution is 2.07. The molecule has 15 heteroatoms. The van der Waals surface area contributed by atoms with Gasteiger partial charge in [-0.3, -0.25) is 24.2 Å². The van der Waals surface area contributed by atoms with Crippen molar-refractivity contribution in [3.05, 3.63) is 35.9 Å². The summed E-state index contributed by atoms with van der Waals surface area (Å²) >= 11 is 1.39. The van der Waals surface area contributed by atoms with E-state index >= 15 is 0 Å². The van der Waals surface area contributed by atoms with Crippen LogP contribution in [0.2, 0.25) is 0 Å². The summed E-state index contributed by atoms with van der Waals surface area (Å²) in [5, 5.41) is 26.0. The quantitative estimate of drug-likeness (QED) is 0.0568. The van der Waals surface area contributed by atoms with E-state index in [1.54, 1.807) is 36.6 Å². The van der Waals surface area contributed by atoms with Gasteiger partial charge in [0.05, 0.1) is 12.5 Å². The molecule has 0 spiro atoms. The molecule has 0 saturated carbocycles. The third kappa shape index (κ3) is 13.5. The van der Waals surface area contributed by atoms with Gasteiger partial charge in [-0.2, -0.15) is 11.8 Å². The Morgan fingerprint density at radius 3 is 2.05 bits per heavy atom. The standard InChI is InChI=1S/C24H37N7O7S/c1-39-11-9-16(21(35)30-17(23(37)38)8-5-10-28-24(26)27)29-22(36)18(13-19(32)33)31-20(34)15(25)12-14-6-3-2-4-7-14/h2-4,6-7,15-18H,5,8-13,25H2,1H3,(H,29,36)(H,30,35)(H,31,34)(H,32,33)(H,37,38)(H4,26,27,28). The summed E-state index contributed by atoms with van der Waals surface area (Å²) in [4.78, 5) is 65.4. The van der Waals surface area contributed by atoms with Gasteiger partial charge >= 0.3 is 11.9 Å². The first-order chi connectivity index (χ1) is 18.4. The molecule has 14 nitrogen and oxygen atoms in total. The molecule has 4 unspecified atom stereocenters. The van der Waals surface area contributed by atoms with Gasteiger partial charge in [-0.15, -0.1) is 0 Å². The Hall–Kier alpha value is -3.85. The smallest absolute Gasteiger partial charge is 0.326 e. The van der Waals surface area contributed by atoms with Crippen molar-refractivity contribution in [2.75, 3.05) is 18.6 Å². The van der Waals surface area contributed by atoms with E-state index in [9.17, 15) is 34.2 Å². The number of carbonyl (C=O) groups excluding carboxylic acids is 3. The molecule has 11 N–H and O–H groups in total. The fourth-order valence-electron chi connectivity index (χ4n) is 3.43. The Balaban J connectivity index is 2.92. The molecule has 216 valence electrons. The van der Waals surface area contributed by atoms with Crippen molar-refractivity contribution in [2.45, 2.75) is 56.3 Å². The Morgan fingerprint density at radius 1 is 0.897 bits per heavy atom. The molecule has 0 heterocycles. The summed E-state index contributed by atoms with van der Waals surface area (Å²) < 4.78 is 0. The predicted molar refractivity (Wildman–Crippen MR) is 147 cm³/mol. The molecule has 3 amide bonds. The second kappa shape index (κ2) is 17.6. The van der Waals surface area contributed by atoms with Crippen LogP contribution in [-0.4, -0.2) is 88.6 Å². The van der Waals surface area contributed by atoms with Gasteiger partial charge in [0.15, 0.2) is 5.96 Å². The second-order valence-corrected chi connectivity index (χ2v) is 9.63. The molecule has 0 bridgehead atoms. The molecular weight excluding hydrogens is 530 g/mol. The van der Waals surface area contributed by atoms with Crippen LogP contribution < -0.4 is 33.2 Å². The maximum Gasteiger partial charge on any atom is 0.326 e. The van der Waals surface area contributed by atoms with Crippen LogP contribution in [0.3, 0.4) is 0 Å². The second-order valence-electron chi connectivity index (χ2n) is 8.65. The van der Waals surface area contributed by atoms with Gasteiger partial charge in [0.25, 0.3) is 0 Å². The fraction of sp³-hybridized carbons (Fsp3) is 0.500. The van der Waals surface area contributed by atoms with Crippen LogP contribution >= 0.6 is 11.8 Å². The number of guanidine groups is 1. The van der Waals surface area contributed by atoms with Gasteiger partial charge in [0.1, 0.15) is 18.1 Å². The van der Waals surface area contributed by atoms with E-state index in [1.807, 2.05) is 0 Å². The lowest BCUT2D eigenvalue weighted by Crippen LogP contribution is -2.57. The molecule has 1 aromatic rings. The van der Waals surface area contributed by atoms with Crippen molar-refractivity contribution in [3.63, 3.8) is 0 Å². The first-order valence-electron chi connectivity index (χ1n) is 12.1. The van der Waals surface area contributed by atoms with E-state index in [-0.39, 0.29) is 38.2 Å². The van der Waals surface area contributed by atoms with Gasteiger partial charge in [0, 0.05) is 6.54 Å². The summed E-state index contributed by atoms with van der Waals surface area (Å²) in [5.41, 5.74) is 17.2. The highest BCUT2D eigenvalue weighted by molar-refractivity contribution is 7.98. The van der Waals surface area contributed by atoms with E-state index in [2.05, 4.69) is 20.9 Å². The van der Waals surface area contributed by atoms with Crippen LogP contribution in [0.25, 0.3) is 0 Å². The minimum absolute atomic E-state index is 0.0258. The summed E-state index contributed by atoms with van der Waals surface area (Å²) in [5.74, 6) is -4.79. The summed E-state index contributed by atoms with van der Waals surface area (Å²) in [6.45, 7) is 0.164. The van der Waals surface area contributed by atoms with Crippen molar-refractivity contribution in [3.8, 4) is 0 Å². The Morgan fingerprint density at radius 2 is 1.49 bits per heavy atom. The fourth-order valence-corrected chi connectivity index (χ4v) is 3.90. The lowest BCUT2D eigenvalue weighted by molar-refractivity contribution is -0.143. The number of benzene rings is 1. The summed E-state index contributed by atoms with van der Waals surface area (Å²) in [7, 11) is 0. The first-order valence-corrected chi connectivity index (χ1v) is 13.5. The zero-order valence-corrected chi connectivity index (χ0v) is 22.5. The number of amides is 3. The van der Waals surface area contributed by atoms with E-state index in [0.717, 1.165) is 5.56 Å². The molecule has 39 heavy (non-hydrogen) atoms. The lowest BCUT2D eigenvalue weighted by atomic mass is 10.0. The topological polar surface area (TPSA) is 252 Å². The lowest BCUT2D eigenvalue weighted by Gasteiger charge is -2.24. The maximum atomic E-state index is 13.0. The van der Waals surface area contributed by atoms with Crippen LogP contribution in [0.5, 0.6) is 0 Å². The maximum absolute atomic E-state index is 13.0. The zero-order chi connectivity index (χ0) is 29.4. The number of nitrogens with zero attached hydrogens (tertiary/aromatic N) is 1. The van der Waals surface area contributed by atoms with Crippen molar-refractivity contribution < 1.29 is 34.2 Å². The molecule has 1 aromatic carbocycles. The highest BCUT2D eigenvalue weighted by atomic mass is 32.2. The molecular formula is C24H37N7O7S. The van der Waals surface area contributed by atoms with E-state index in [0.29, 0.717) is 5.75 Å². The average Bonchev–Trinajstić information content (AvgIpc) is 2.87. The third-order valence-corrected chi connectivity index (χ3v) is 6.09. The van der Waals surface area contributed by atoms with Crippen LogP contribution in [0.4, 0.5) is 0 Å². The molecule has 0 saturated heterocycles. The van der Waals surface area contributed by atoms with Gasteiger partial charge in [-0.1, -0.05) is 30.3 Å². The molecule has 1 rings (SSSR count). The van der Waals surface area contributed by atoms with Crippen molar-refractivity contribution >= 4 is 47.4 Å². The monoisotopic (exact) mass is 567 g/mol. The molecule has 0 radical (unpaired) electrons. The van der Waals surface area contributed by atoms with E-state index < -0.39 is 60.2 Å². The van der Waals surface area contributed by atoms with Crippen molar-refractivity contribution in [1.29, 1.82) is 0 Å². The SMILES string of the molecule is CSCCC(NC(=O)C(CC(=O)O)NC(=O)C(N)Cc1ccccc1)C(=O)NC(CCCN=C(N)N)C(=O)O. The Bertz CT molecular complexity index is 1010. The minimum atomic E-state index is -1.52. The number of carbonyl (C=O) groups is 5. The van der Waals surface area contributed by atoms with Crippen LogP contribution in [0, 0.1) is 0 Å². The number of nitrogens with one attached hydrogen (secondary N) is 3. The number of carboxylic acid groups (broad SMARTS) is 2. The zero-order valence-electron chi connectivity index (χ0n) is 21.7. The average molecular weight is 568 g/mol. The van der Waals surface area contributed by atoms with Crippen LogP contribution in [0.1, 0.15) is 31.2 Å². The van der Waals surface area contributed by atoms with E-state index in [1.165, 1.54) is 11.8 Å². The van der Waals surface area contributed by atoms with Crippen LogP contribution in [-0.2, 0) is 30.4 Å². The molecule has 0 aliphatic carbocycles. The number of nitrogens with two attached hydrogens (primary N) is 3. The number of rotatable bonds is 18. The number of aliphatic carboxylic acids is 2. The third-order valence-electron chi connectivity index (χ3n) is 5.45. The van der Waals surface area contributed by atoms with E-state index in [4.69, 9.17) is 17.2 Å². The van der Waals surface area contributed by atoms with Gasteiger partial charge < -0.3 is 43.4 Å². The largest absolute Gasteiger partial charge is 0.481 e. The van der Waals surface area contributed by atoms with Crippen LogP contribution in [0.15, 0.2) is 35.3 Å². The van der Waals surface area contributed by atoms with Gasteiger partial charge in [-0.05, 0) is 43.3 Å².